The van der Waals surface area contributed by atoms with Crippen molar-refractivity contribution < 1.29 is 22.8 Å². The Bertz CT molecular complexity index is 864. The molecule has 136 valence electrons. The molecule has 2 amide bonds. The number of hydrogen-bond donors (Lipinski definition) is 2. The standard InChI is InChI=1S/C18H14ClF3N2O2/c19-15-7-6-13(9-14(15)18(20,21)22)24-17(26)11-2-1-3-12(8-11)23-16(25)10-4-5-10/h1-3,6-10H,4-5H2,(H,23,25)(H,24,26). The van der Waals surface area contributed by atoms with Gasteiger partial charge in [-0.3, -0.25) is 9.59 Å². The molecule has 2 aromatic rings. The first kappa shape index (κ1) is 18.3. The summed E-state index contributed by atoms with van der Waals surface area (Å²) in [6.45, 7) is 0. The number of carbonyl (C=O) groups excluding carboxylic acids is 2. The molecule has 0 unspecified atom stereocenters. The fraction of sp³-hybridized carbons (Fsp3) is 0.222. The first-order valence-corrected chi connectivity index (χ1v) is 8.21. The van der Waals surface area contributed by atoms with Gasteiger partial charge in [0.25, 0.3) is 5.91 Å². The molecule has 26 heavy (non-hydrogen) atoms. The van der Waals surface area contributed by atoms with E-state index in [4.69, 9.17) is 11.6 Å². The van der Waals surface area contributed by atoms with Crippen LogP contribution in [0.1, 0.15) is 28.8 Å². The van der Waals surface area contributed by atoms with E-state index < -0.39 is 22.7 Å². The van der Waals surface area contributed by atoms with Crippen LogP contribution >= 0.6 is 11.6 Å². The number of benzene rings is 2. The van der Waals surface area contributed by atoms with Crippen LogP contribution < -0.4 is 10.6 Å². The van der Waals surface area contributed by atoms with Gasteiger partial charge in [0.15, 0.2) is 0 Å². The zero-order valence-corrected chi connectivity index (χ0v) is 14.1. The third-order valence-corrected chi connectivity index (χ3v) is 4.20. The molecule has 1 saturated carbocycles. The van der Waals surface area contributed by atoms with Crippen LogP contribution in [-0.2, 0) is 11.0 Å². The molecular formula is C18H14ClF3N2O2. The van der Waals surface area contributed by atoms with E-state index in [-0.39, 0.29) is 23.1 Å². The third kappa shape index (κ3) is 4.35. The molecule has 0 atom stereocenters. The van der Waals surface area contributed by atoms with E-state index in [9.17, 15) is 22.8 Å². The zero-order valence-electron chi connectivity index (χ0n) is 13.4. The van der Waals surface area contributed by atoms with Gasteiger partial charge in [-0.25, -0.2) is 0 Å². The maximum absolute atomic E-state index is 12.9. The van der Waals surface area contributed by atoms with Crippen LogP contribution in [0.2, 0.25) is 5.02 Å². The SMILES string of the molecule is O=C(Nc1ccc(Cl)c(C(F)(F)F)c1)c1cccc(NC(=O)C2CC2)c1. The lowest BCUT2D eigenvalue weighted by Gasteiger charge is -2.12. The Labute approximate surface area is 152 Å². The van der Waals surface area contributed by atoms with Crippen LogP contribution in [0.4, 0.5) is 24.5 Å². The molecule has 0 spiro atoms. The summed E-state index contributed by atoms with van der Waals surface area (Å²) in [7, 11) is 0. The van der Waals surface area contributed by atoms with Crippen molar-refractivity contribution in [3.05, 3.63) is 58.6 Å². The predicted molar refractivity (Wildman–Crippen MR) is 92.2 cm³/mol. The van der Waals surface area contributed by atoms with Crippen LogP contribution in [-0.4, -0.2) is 11.8 Å². The molecule has 4 nitrogen and oxygen atoms in total. The maximum atomic E-state index is 12.9. The molecule has 8 heteroatoms. The fourth-order valence-corrected chi connectivity index (χ4v) is 2.58. The van der Waals surface area contributed by atoms with Crippen molar-refractivity contribution in [3.63, 3.8) is 0 Å². The highest BCUT2D eigenvalue weighted by atomic mass is 35.5. The molecule has 1 aliphatic carbocycles. The molecule has 0 aliphatic heterocycles. The van der Waals surface area contributed by atoms with Crippen molar-refractivity contribution in [1.29, 1.82) is 0 Å². The highest BCUT2D eigenvalue weighted by Crippen LogP contribution is 2.36. The first-order valence-electron chi connectivity index (χ1n) is 7.83. The van der Waals surface area contributed by atoms with Gasteiger partial charge in [0.05, 0.1) is 10.6 Å². The number of amides is 2. The molecule has 2 N–H and O–H groups in total. The summed E-state index contributed by atoms with van der Waals surface area (Å²) in [6.07, 6.45) is -2.92. The Morgan fingerprint density at radius 3 is 2.35 bits per heavy atom. The molecule has 1 aliphatic rings. The Balaban J connectivity index is 1.75. The summed E-state index contributed by atoms with van der Waals surface area (Å²) in [5, 5.41) is 4.67. The van der Waals surface area contributed by atoms with Crippen molar-refractivity contribution >= 4 is 34.8 Å². The van der Waals surface area contributed by atoms with Crippen LogP contribution in [0.3, 0.4) is 0 Å². The maximum Gasteiger partial charge on any atom is 0.417 e. The normalized spacial score (nSPS) is 14.0. The number of alkyl halides is 3. The number of rotatable bonds is 4. The van der Waals surface area contributed by atoms with E-state index in [2.05, 4.69) is 10.6 Å². The lowest BCUT2D eigenvalue weighted by Crippen LogP contribution is -2.16. The summed E-state index contributed by atoms with van der Waals surface area (Å²) in [5.74, 6) is -0.680. The number of carbonyl (C=O) groups is 2. The number of hydrogen-bond acceptors (Lipinski definition) is 2. The van der Waals surface area contributed by atoms with E-state index in [1.165, 1.54) is 18.2 Å². The van der Waals surface area contributed by atoms with Crippen molar-refractivity contribution in [3.8, 4) is 0 Å². The van der Waals surface area contributed by atoms with E-state index in [1.54, 1.807) is 12.1 Å². The van der Waals surface area contributed by atoms with Crippen molar-refractivity contribution in [2.24, 2.45) is 5.92 Å². The van der Waals surface area contributed by atoms with E-state index in [1.807, 2.05) is 0 Å². The molecule has 0 heterocycles. The lowest BCUT2D eigenvalue weighted by atomic mass is 10.1. The van der Waals surface area contributed by atoms with Crippen LogP contribution in [0.5, 0.6) is 0 Å². The second-order valence-electron chi connectivity index (χ2n) is 5.99. The number of anilines is 2. The topological polar surface area (TPSA) is 58.2 Å². The monoisotopic (exact) mass is 382 g/mol. The second kappa shape index (κ2) is 6.99. The summed E-state index contributed by atoms with van der Waals surface area (Å²) >= 11 is 5.56. The first-order chi connectivity index (χ1) is 12.2. The Kier molecular flexibility index (Phi) is 4.91. The van der Waals surface area contributed by atoms with Gasteiger partial charge in [-0.1, -0.05) is 17.7 Å². The summed E-state index contributed by atoms with van der Waals surface area (Å²) in [4.78, 5) is 24.1. The fourth-order valence-electron chi connectivity index (χ4n) is 2.35. The summed E-state index contributed by atoms with van der Waals surface area (Å²) < 4.78 is 38.7. The van der Waals surface area contributed by atoms with Gasteiger partial charge >= 0.3 is 6.18 Å². The largest absolute Gasteiger partial charge is 0.417 e. The van der Waals surface area contributed by atoms with Gasteiger partial charge in [-0.2, -0.15) is 13.2 Å². The average Bonchev–Trinajstić information content (AvgIpc) is 3.41. The predicted octanol–water partition coefficient (Wildman–Crippen LogP) is 4.96. The van der Waals surface area contributed by atoms with Gasteiger partial charge in [-0.05, 0) is 49.2 Å². The molecule has 0 aromatic heterocycles. The average molecular weight is 383 g/mol. The number of halogens is 4. The third-order valence-electron chi connectivity index (χ3n) is 3.87. The molecule has 0 saturated heterocycles. The number of nitrogens with one attached hydrogen (secondary N) is 2. The Hall–Kier alpha value is -2.54. The minimum atomic E-state index is -4.62. The summed E-state index contributed by atoms with van der Waals surface area (Å²) in [6, 6.07) is 9.33. The Morgan fingerprint density at radius 2 is 1.69 bits per heavy atom. The van der Waals surface area contributed by atoms with E-state index in [0.29, 0.717) is 5.69 Å². The molecule has 2 aromatic carbocycles. The van der Waals surface area contributed by atoms with Crippen LogP contribution in [0, 0.1) is 5.92 Å². The van der Waals surface area contributed by atoms with Gasteiger partial charge in [0.1, 0.15) is 0 Å². The van der Waals surface area contributed by atoms with Gasteiger partial charge in [0.2, 0.25) is 5.91 Å². The zero-order chi connectivity index (χ0) is 18.9. The quantitative estimate of drug-likeness (QED) is 0.785. The Morgan fingerprint density at radius 1 is 1.00 bits per heavy atom. The van der Waals surface area contributed by atoms with E-state index in [0.717, 1.165) is 25.0 Å². The van der Waals surface area contributed by atoms with Gasteiger partial charge < -0.3 is 10.6 Å². The van der Waals surface area contributed by atoms with Gasteiger partial charge in [-0.15, -0.1) is 0 Å². The van der Waals surface area contributed by atoms with Crippen LogP contribution in [0.25, 0.3) is 0 Å². The minimum Gasteiger partial charge on any atom is -0.326 e. The van der Waals surface area contributed by atoms with E-state index >= 15 is 0 Å². The molecule has 3 rings (SSSR count). The van der Waals surface area contributed by atoms with Crippen molar-refractivity contribution in [1.82, 2.24) is 0 Å². The second-order valence-corrected chi connectivity index (χ2v) is 6.40. The highest BCUT2D eigenvalue weighted by molar-refractivity contribution is 6.31. The molecule has 0 bridgehead atoms. The lowest BCUT2D eigenvalue weighted by molar-refractivity contribution is -0.137. The summed E-state index contributed by atoms with van der Waals surface area (Å²) in [5.41, 5.74) is -0.384. The highest BCUT2D eigenvalue weighted by Gasteiger charge is 2.33. The smallest absolute Gasteiger partial charge is 0.326 e. The van der Waals surface area contributed by atoms with Crippen LogP contribution in [0.15, 0.2) is 42.5 Å². The van der Waals surface area contributed by atoms with Crippen molar-refractivity contribution in [2.75, 3.05) is 10.6 Å². The minimum absolute atomic E-state index is 0.0161. The van der Waals surface area contributed by atoms with Gasteiger partial charge in [0, 0.05) is 22.9 Å². The van der Waals surface area contributed by atoms with Crippen molar-refractivity contribution in [2.45, 2.75) is 19.0 Å². The molecule has 0 radical (unpaired) electrons. The molecular weight excluding hydrogens is 369 g/mol. The molecule has 1 fully saturated rings.